The van der Waals surface area contributed by atoms with E-state index in [-0.39, 0.29) is 11.9 Å². The third kappa shape index (κ3) is 6.13. The molecule has 1 amide bonds. The summed E-state index contributed by atoms with van der Waals surface area (Å²) in [5.74, 6) is 0.584. The monoisotopic (exact) mass is 563 g/mol. The topological polar surface area (TPSA) is 99.6 Å². The van der Waals surface area contributed by atoms with Crippen molar-refractivity contribution in [1.29, 1.82) is 0 Å². The van der Waals surface area contributed by atoms with E-state index in [1.54, 1.807) is 61.7 Å². The molecule has 0 spiro atoms. The molecule has 0 radical (unpaired) electrons. The summed E-state index contributed by atoms with van der Waals surface area (Å²) < 4.78 is 16.9. The number of ether oxygens (including phenoxy) is 3. The van der Waals surface area contributed by atoms with Crippen LogP contribution in [0.1, 0.15) is 35.2 Å². The number of nitrogens with one attached hydrogen (secondary N) is 1. The van der Waals surface area contributed by atoms with Crippen molar-refractivity contribution < 1.29 is 23.8 Å². The smallest absolute Gasteiger partial charge is 0.313 e. The first kappa shape index (κ1) is 26.5. The molecular formula is C29H23Cl2N3O5. The van der Waals surface area contributed by atoms with E-state index in [2.05, 4.69) is 15.3 Å². The van der Waals surface area contributed by atoms with Crippen LogP contribution in [0.5, 0.6) is 17.2 Å². The molecule has 1 atom stereocenters. The molecule has 0 fully saturated rings. The predicted molar refractivity (Wildman–Crippen MR) is 148 cm³/mol. The van der Waals surface area contributed by atoms with Gasteiger partial charge in [-0.2, -0.15) is 0 Å². The van der Waals surface area contributed by atoms with Gasteiger partial charge in [-0.05, 0) is 55.8 Å². The fourth-order valence-corrected chi connectivity index (χ4v) is 4.47. The molecule has 1 unspecified atom stereocenters. The molecule has 1 aliphatic heterocycles. The third-order valence-corrected chi connectivity index (χ3v) is 6.58. The third-order valence-electron chi connectivity index (χ3n) is 6.04. The van der Waals surface area contributed by atoms with Crippen LogP contribution in [-0.4, -0.2) is 35.1 Å². The Morgan fingerprint density at radius 2 is 1.82 bits per heavy atom. The van der Waals surface area contributed by atoms with Crippen molar-refractivity contribution in [1.82, 2.24) is 9.97 Å². The lowest BCUT2D eigenvalue weighted by atomic mass is 9.93. The molecule has 0 saturated heterocycles. The lowest BCUT2D eigenvalue weighted by Gasteiger charge is -2.25. The SMILES string of the molecule is CCOC(=O)C1CCOc2cc(Oc3ccc(C(=O)Nc4cncc(-c5ccc(Cl)cc5)n4)cc3)c(Cl)cc21. The highest BCUT2D eigenvalue weighted by Gasteiger charge is 2.30. The number of nitrogens with zero attached hydrogens (tertiary/aromatic N) is 2. The van der Waals surface area contributed by atoms with Crippen molar-refractivity contribution in [2.75, 3.05) is 18.5 Å². The summed E-state index contributed by atoms with van der Waals surface area (Å²) in [5, 5.41) is 3.71. The first-order chi connectivity index (χ1) is 18.9. The van der Waals surface area contributed by atoms with E-state index in [4.69, 9.17) is 37.4 Å². The average Bonchev–Trinajstić information content (AvgIpc) is 2.94. The first-order valence-corrected chi connectivity index (χ1v) is 13.0. The summed E-state index contributed by atoms with van der Waals surface area (Å²) >= 11 is 12.4. The first-order valence-electron chi connectivity index (χ1n) is 12.2. The highest BCUT2D eigenvalue weighted by molar-refractivity contribution is 6.32. The number of halogens is 2. The number of carbonyl (C=O) groups excluding carboxylic acids is 2. The Hall–Kier alpha value is -4.14. The van der Waals surface area contributed by atoms with Gasteiger partial charge in [0.1, 0.15) is 17.2 Å². The second-order valence-electron chi connectivity index (χ2n) is 8.64. The van der Waals surface area contributed by atoms with Gasteiger partial charge in [0.25, 0.3) is 5.91 Å². The number of rotatable bonds is 7. The van der Waals surface area contributed by atoms with Crippen LogP contribution in [0, 0.1) is 0 Å². The maximum Gasteiger partial charge on any atom is 0.313 e. The molecule has 198 valence electrons. The van der Waals surface area contributed by atoms with Gasteiger partial charge in [0.2, 0.25) is 0 Å². The van der Waals surface area contributed by atoms with Crippen molar-refractivity contribution in [3.05, 3.63) is 94.2 Å². The van der Waals surface area contributed by atoms with Crippen molar-refractivity contribution in [3.63, 3.8) is 0 Å². The minimum Gasteiger partial charge on any atom is -0.493 e. The zero-order valence-corrected chi connectivity index (χ0v) is 22.3. The molecule has 1 aromatic heterocycles. The van der Waals surface area contributed by atoms with Crippen molar-refractivity contribution in [2.24, 2.45) is 0 Å². The number of benzene rings is 3. The number of carbonyl (C=O) groups is 2. The second kappa shape index (κ2) is 11.7. The standard InChI is InChI=1S/C29H23Cl2N3O5/c1-2-37-29(36)21-11-12-38-25-14-26(23(31)13-22(21)25)39-20-9-5-18(6-10-20)28(35)34-27-16-32-15-24(33-27)17-3-7-19(30)8-4-17/h3-10,13-16,21H,2,11-12H2,1H3,(H,33,34,35). The largest absolute Gasteiger partial charge is 0.493 e. The Bertz CT molecular complexity index is 1510. The Kier molecular flexibility index (Phi) is 7.95. The van der Waals surface area contributed by atoms with Crippen LogP contribution in [0.25, 0.3) is 11.3 Å². The summed E-state index contributed by atoms with van der Waals surface area (Å²) in [6.45, 7) is 2.46. The lowest BCUT2D eigenvalue weighted by Crippen LogP contribution is -2.23. The number of amides is 1. The Morgan fingerprint density at radius 1 is 1.05 bits per heavy atom. The molecule has 0 bridgehead atoms. The molecule has 1 aliphatic rings. The normalized spacial score (nSPS) is 14.1. The van der Waals surface area contributed by atoms with E-state index >= 15 is 0 Å². The van der Waals surface area contributed by atoms with E-state index in [0.29, 0.717) is 69.6 Å². The highest BCUT2D eigenvalue weighted by Crippen LogP contribution is 2.42. The molecule has 10 heteroatoms. The van der Waals surface area contributed by atoms with Crippen LogP contribution in [0.2, 0.25) is 10.0 Å². The summed E-state index contributed by atoms with van der Waals surface area (Å²) in [7, 11) is 0. The number of hydrogen-bond acceptors (Lipinski definition) is 7. The van der Waals surface area contributed by atoms with Gasteiger partial charge in [-0.15, -0.1) is 0 Å². The van der Waals surface area contributed by atoms with Gasteiger partial charge >= 0.3 is 5.97 Å². The molecule has 3 aromatic carbocycles. The maximum atomic E-state index is 12.8. The molecule has 5 rings (SSSR count). The number of anilines is 1. The summed E-state index contributed by atoms with van der Waals surface area (Å²) in [6.07, 6.45) is 3.60. The molecule has 2 heterocycles. The number of fused-ring (bicyclic) bond motifs is 1. The molecular weight excluding hydrogens is 541 g/mol. The van der Waals surface area contributed by atoms with Gasteiger partial charge in [0.15, 0.2) is 5.82 Å². The van der Waals surface area contributed by atoms with Gasteiger partial charge < -0.3 is 19.5 Å². The van der Waals surface area contributed by atoms with Crippen LogP contribution < -0.4 is 14.8 Å². The highest BCUT2D eigenvalue weighted by atomic mass is 35.5. The van der Waals surface area contributed by atoms with Crippen molar-refractivity contribution in [3.8, 4) is 28.5 Å². The van der Waals surface area contributed by atoms with Gasteiger partial charge in [-0.25, -0.2) is 4.98 Å². The minimum atomic E-state index is -0.436. The van der Waals surface area contributed by atoms with Gasteiger partial charge in [-0.3, -0.25) is 14.6 Å². The average molecular weight is 564 g/mol. The van der Waals surface area contributed by atoms with Crippen LogP contribution in [0.4, 0.5) is 5.82 Å². The molecule has 0 saturated carbocycles. The van der Waals surface area contributed by atoms with E-state index in [0.717, 1.165) is 5.56 Å². The van der Waals surface area contributed by atoms with Crippen molar-refractivity contribution >= 4 is 40.9 Å². The molecule has 8 nitrogen and oxygen atoms in total. The molecule has 4 aromatic rings. The number of esters is 1. The Morgan fingerprint density at radius 3 is 2.56 bits per heavy atom. The predicted octanol–water partition coefficient (Wildman–Crippen LogP) is 6.92. The van der Waals surface area contributed by atoms with Crippen LogP contribution in [0.15, 0.2) is 73.1 Å². The van der Waals surface area contributed by atoms with Crippen LogP contribution in [0.3, 0.4) is 0 Å². The summed E-state index contributed by atoms with van der Waals surface area (Å²) in [5.41, 5.74) is 2.50. The molecule has 1 N–H and O–H groups in total. The fraction of sp³-hybridized carbons (Fsp3) is 0.172. The number of aromatic nitrogens is 2. The summed E-state index contributed by atoms with van der Waals surface area (Å²) in [4.78, 5) is 33.8. The lowest BCUT2D eigenvalue weighted by molar-refractivity contribution is -0.145. The fourth-order valence-electron chi connectivity index (χ4n) is 4.13. The van der Waals surface area contributed by atoms with Gasteiger partial charge in [0, 0.05) is 27.8 Å². The number of hydrogen-bond donors (Lipinski definition) is 1. The zero-order chi connectivity index (χ0) is 27.4. The van der Waals surface area contributed by atoms with E-state index < -0.39 is 5.92 Å². The zero-order valence-electron chi connectivity index (χ0n) is 20.8. The van der Waals surface area contributed by atoms with Crippen LogP contribution >= 0.6 is 23.2 Å². The Balaban J connectivity index is 1.27. The Labute approximate surface area is 234 Å². The van der Waals surface area contributed by atoms with Crippen LogP contribution in [-0.2, 0) is 9.53 Å². The van der Waals surface area contributed by atoms with Gasteiger partial charge in [-0.1, -0.05) is 35.3 Å². The van der Waals surface area contributed by atoms with Crippen molar-refractivity contribution in [2.45, 2.75) is 19.3 Å². The minimum absolute atomic E-state index is 0.302. The summed E-state index contributed by atoms with van der Waals surface area (Å²) in [6, 6.07) is 17.1. The molecule has 39 heavy (non-hydrogen) atoms. The van der Waals surface area contributed by atoms with E-state index in [1.165, 1.54) is 6.20 Å². The van der Waals surface area contributed by atoms with E-state index in [9.17, 15) is 9.59 Å². The molecule has 0 aliphatic carbocycles. The van der Waals surface area contributed by atoms with E-state index in [1.807, 2.05) is 12.1 Å². The maximum absolute atomic E-state index is 12.8. The quantitative estimate of drug-likeness (QED) is 0.243. The van der Waals surface area contributed by atoms with Gasteiger partial charge in [0.05, 0.1) is 42.2 Å². The second-order valence-corrected chi connectivity index (χ2v) is 9.48.